The maximum absolute atomic E-state index is 13.5. The second-order valence-electron chi connectivity index (χ2n) is 13.7. The van der Waals surface area contributed by atoms with Gasteiger partial charge in [0.1, 0.15) is 11.9 Å². The molecule has 1 unspecified atom stereocenters. The van der Waals surface area contributed by atoms with Gasteiger partial charge >= 0.3 is 11.4 Å². The van der Waals surface area contributed by atoms with Gasteiger partial charge in [0.05, 0.1) is 34.7 Å². The first-order valence-corrected chi connectivity index (χ1v) is 19.0. The van der Waals surface area contributed by atoms with E-state index in [-0.39, 0.29) is 59.6 Å². The van der Waals surface area contributed by atoms with Crippen molar-refractivity contribution in [2.45, 2.75) is 43.8 Å². The SMILES string of the molecule is Cn1c(=O)oc(=O)c2ccc(C(=O)N3C[C@@H](N)C[C@H]3C(=O)NCCOCCNc3ncc(CN4CCCC(c5nc(-c6cccs6)cc(=O)[nH]5)C4)cn3)cc21. The van der Waals surface area contributed by atoms with E-state index in [1.165, 1.54) is 30.1 Å². The van der Waals surface area contributed by atoms with Crippen molar-refractivity contribution in [1.82, 2.24) is 39.6 Å². The molecule has 0 spiro atoms. The number of carbonyl (C=O) groups is 2. The quantitative estimate of drug-likeness (QED) is 0.124. The maximum atomic E-state index is 13.5. The van der Waals surface area contributed by atoms with Crippen molar-refractivity contribution in [2.75, 3.05) is 51.3 Å². The number of rotatable bonds is 13. The first-order valence-electron chi connectivity index (χ1n) is 18.1. The van der Waals surface area contributed by atoms with E-state index in [4.69, 9.17) is 15.5 Å². The molecule has 55 heavy (non-hydrogen) atoms. The highest BCUT2D eigenvalue weighted by atomic mass is 32.1. The molecule has 17 nitrogen and oxygen atoms in total. The summed E-state index contributed by atoms with van der Waals surface area (Å²) in [6, 6.07) is 8.65. The molecule has 288 valence electrons. The maximum Gasteiger partial charge on any atom is 0.422 e. The summed E-state index contributed by atoms with van der Waals surface area (Å²) < 4.78 is 11.5. The van der Waals surface area contributed by atoms with Gasteiger partial charge in [0.2, 0.25) is 11.9 Å². The monoisotopic (exact) mass is 770 g/mol. The number of hydrogen-bond acceptors (Lipinski definition) is 14. The van der Waals surface area contributed by atoms with E-state index in [1.807, 2.05) is 17.5 Å². The molecule has 5 N–H and O–H groups in total. The molecule has 0 radical (unpaired) electrons. The van der Waals surface area contributed by atoms with Crippen molar-refractivity contribution in [3.63, 3.8) is 0 Å². The normalized spacial score (nSPS) is 18.8. The van der Waals surface area contributed by atoms with Gasteiger partial charge in [-0.15, -0.1) is 11.3 Å². The van der Waals surface area contributed by atoms with Crippen LogP contribution < -0.4 is 33.3 Å². The number of thiophene rings is 1. The van der Waals surface area contributed by atoms with Crippen molar-refractivity contribution < 1.29 is 18.7 Å². The van der Waals surface area contributed by atoms with Gasteiger partial charge in [0.25, 0.3) is 11.5 Å². The summed E-state index contributed by atoms with van der Waals surface area (Å²) in [5.74, 6) is -0.286. The third-order valence-corrected chi connectivity index (χ3v) is 10.7. The number of piperidine rings is 1. The summed E-state index contributed by atoms with van der Waals surface area (Å²) in [5.41, 5.74) is 7.38. The fourth-order valence-corrected chi connectivity index (χ4v) is 7.74. The van der Waals surface area contributed by atoms with Gasteiger partial charge in [-0.2, -0.15) is 0 Å². The zero-order chi connectivity index (χ0) is 38.5. The minimum absolute atomic E-state index is 0.130. The van der Waals surface area contributed by atoms with E-state index in [2.05, 4.69) is 34.9 Å². The van der Waals surface area contributed by atoms with Crippen LogP contribution in [0.5, 0.6) is 0 Å². The number of aryl methyl sites for hydroxylation is 1. The number of aromatic nitrogens is 5. The third kappa shape index (κ3) is 8.88. The number of likely N-dealkylation sites (tertiary alicyclic amines) is 2. The van der Waals surface area contributed by atoms with Crippen LogP contribution in [0.4, 0.5) is 5.95 Å². The number of H-pyrrole nitrogens is 1. The number of nitrogens with zero attached hydrogens (tertiary/aromatic N) is 6. The Labute approximate surface area is 318 Å². The van der Waals surface area contributed by atoms with E-state index in [9.17, 15) is 24.0 Å². The number of aromatic amines is 1. The molecule has 6 heterocycles. The molecule has 0 bridgehead atoms. The third-order valence-electron chi connectivity index (χ3n) is 9.79. The smallest absolute Gasteiger partial charge is 0.378 e. The molecular weight excluding hydrogens is 729 g/mol. The number of benzene rings is 1. The second kappa shape index (κ2) is 16.8. The number of fused-ring (bicyclic) bond motifs is 1. The van der Waals surface area contributed by atoms with Crippen LogP contribution in [0.3, 0.4) is 0 Å². The van der Waals surface area contributed by atoms with Crippen molar-refractivity contribution in [3.8, 4) is 10.6 Å². The van der Waals surface area contributed by atoms with Gasteiger partial charge in [-0.05, 0) is 55.5 Å². The molecule has 7 rings (SSSR count). The fourth-order valence-electron chi connectivity index (χ4n) is 7.05. The van der Waals surface area contributed by atoms with Crippen molar-refractivity contribution in [2.24, 2.45) is 12.8 Å². The van der Waals surface area contributed by atoms with Crippen LogP contribution in [0.25, 0.3) is 21.5 Å². The molecule has 2 aliphatic rings. The topological polar surface area (TPSA) is 224 Å². The molecule has 2 saturated heterocycles. The van der Waals surface area contributed by atoms with Gasteiger partial charge in [-0.3, -0.25) is 23.9 Å². The summed E-state index contributed by atoms with van der Waals surface area (Å²) in [6.07, 6.45) is 5.85. The highest BCUT2D eigenvalue weighted by molar-refractivity contribution is 7.13. The van der Waals surface area contributed by atoms with E-state index in [0.717, 1.165) is 46.8 Å². The Kier molecular flexibility index (Phi) is 11.6. The average molecular weight is 771 g/mol. The molecule has 0 saturated carbocycles. The first-order chi connectivity index (χ1) is 26.6. The van der Waals surface area contributed by atoms with Crippen molar-refractivity contribution in [1.29, 1.82) is 0 Å². The Bertz CT molecular complexity index is 2330. The molecule has 5 aromatic rings. The second-order valence-corrected chi connectivity index (χ2v) is 14.7. The van der Waals surface area contributed by atoms with E-state index in [1.54, 1.807) is 29.8 Å². The minimum Gasteiger partial charge on any atom is -0.378 e. The van der Waals surface area contributed by atoms with Crippen LogP contribution in [0.2, 0.25) is 0 Å². The Morgan fingerprint density at radius 1 is 1.09 bits per heavy atom. The highest BCUT2D eigenvalue weighted by Gasteiger charge is 2.38. The Balaban J connectivity index is 0.826. The number of carbonyl (C=O) groups excluding carboxylic acids is 2. The molecule has 18 heteroatoms. The molecule has 2 fully saturated rings. The van der Waals surface area contributed by atoms with E-state index < -0.39 is 23.3 Å². The fraction of sp³-hybridized carbons (Fsp3) is 0.405. The number of nitrogens with two attached hydrogens (primary N) is 1. The van der Waals surface area contributed by atoms with Gasteiger partial charge in [-0.25, -0.2) is 24.5 Å². The highest BCUT2D eigenvalue weighted by Crippen LogP contribution is 2.28. The lowest BCUT2D eigenvalue weighted by molar-refractivity contribution is -0.125. The lowest BCUT2D eigenvalue weighted by Crippen LogP contribution is -2.46. The number of amides is 2. The number of anilines is 1. The molecule has 2 aliphatic heterocycles. The van der Waals surface area contributed by atoms with E-state index >= 15 is 0 Å². The number of ether oxygens (including phenoxy) is 1. The molecule has 0 aliphatic carbocycles. The summed E-state index contributed by atoms with van der Waals surface area (Å²) in [6.45, 7) is 3.86. The van der Waals surface area contributed by atoms with Crippen LogP contribution >= 0.6 is 11.3 Å². The van der Waals surface area contributed by atoms with E-state index in [0.29, 0.717) is 37.8 Å². The van der Waals surface area contributed by atoms with Gasteiger partial charge < -0.3 is 35.4 Å². The molecule has 1 aromatic carbocycles. The standard InChI is InChI=1S/C37H42N10O7S/c1-45-28-14-23(6-7-26(28)35(51)54-37(45)52)34(50)47-21-25(38)15-29(47)33(49)39-8-11-53-12-9-40-36-41-17-22(18-42-36)19-46-10-2-4-24(20-46)32-43-27(16-31(48)44-32)30-5-3-13-55-30/h3,5-7,13-14,16-18,24-25,29H,2,4,8-12,15,19-21,38H2,1H3,(H,39,49)(H,40,41,42)(H,43,44,48)/t24?,25-,29-/m0/s1. The predicted molar refractivity (Wildman–Crippen MR) is 205 cm³/mol. The predicted octanol–water partition coefficient (Wildman–Crippen LogP) is 1.26. The molecule has 4 aromatic heterocycles. The summed E-state index contributed by atoms with van der Waals surface area (Å²) in [4.78, 5) is 84.4. The largest absolute Gasteiger partial charge is 0.422 e. The Morgan fingerprint density at radius 3 is 2.71 bits per heavy atom. The summed E-state index contributed by atoms with van der Waals surface area (Å²) in [5, 5.41) is 8.11. The van der Waals surface area contributed by atoms with Crippen LogP contribution in [-0.2, 0) is 23.1 Å². The molecule has 2 amide bonds. The lowest BCUT2D eigenvalue weighted by atomic mass is 9.96. The van der Waals surface area contributed by atoms with Crippen LogP contribution in [0.15, 0.2) is 73.0 Å². The van der Waals surface area contributed by atoms with Crippen LogP contribution in [-0.4, -0.2) is 104 Å². The Hall–Kier alpha value is -5.56. The zero-order valence-corrected chi connectivity index (χ0v) is 31.0. The van der Waals surface area contributed by atoms with Crippen molar-refractivity contribution >= 4 is 40.0 Å². The van der Waals surface area contributed by atoms with Gasteiger partial charge in [-0.1, -0.05) is 6.07 Å². The summed E-state index contributed by atoms with van der Waals surface area (Å²) >= 11 is 1.57. The van der Waals surface area contributed by atoms with Crippen molar-refractivity contribution in [3.05, 3.63) is 102 Å². The van der Waals surface area contributed by atoms with Gasteiger partial charge in [0.15, 0.2) is 0 Å². The number of nitrogens with one attached hydrogen (secondary N) is 3. The summed E-state index contributed by atoms with van der Waals surface area (Å²) in [7, 11) is 1.44. The van der Waals surface area contributed by atoms with Crippen LogP contribution in [0, 0.1) is 0 Å². The number of hydrogen-bond donors (Lipinski definition) is 4. The van der Waals surface area contributed by atoms with Gasteiger partial charge in [0, 0.05) is 81.3 Å². The van der Waals surface area contributed by atoms with Crippen LogP contribution in [0.1, 0.15) is 46.9 Å². The zero-order valence-electron chi connectivity index (χ0n) is 30.2. The lowest BCUT2D eigenvalue weighted by Gasteiger charge is -2.32. The Morgan fingerprint density at radius 2 is 1.91 bits per heavy atom. The minimum atomic E-state index is -0.839. The average Bonchev–Trinajstić information content (AvgIpc) is 3.87. The molecule has 3 atom stereocenters. The first kappa shape index (κ1) is 37.7. The molecular formula is C37H42N10O7S.